The second kappa shape index (κ2) is 24.2. The van der Waals surface area contributed by atoms with Gasteiger partial charge in [-0.2, -0.15) is 0 Å². The van der Waals surface area contributed by atoms with Crippen LogP contribution < -0.4 is 0 Å². The lowest BCUT2D eigenvalue weighted by molar-refractivity contribution is -0.230. The first-order valence-corrected chi connectivity index (χ1v) is 21.5. The minimum Gasteiger partial charge on any atom is -0.348 e. The quantitative estimate of drug-likeness (QED) is 0.0765. The van der Waals surface area contributed by atoms with Crippen LogP contribution in [-0.2, 0) is 18.9 Å². The number of thioether (sulfide) groups is 2. The molecule has 2 heterocycles. The first-order valence-electron chi connectivity index (χ1n) is 19.6. The third-order valence-corrected chi connectivity index (χ3v) is 12.8. The van der Waals surface area contributed by atoms with E-state index in [9.17, 15) is 0 Å². The molecule has 0 aromatic rings. The van der Waals surface area contributed by atoms with Crippen molar-refractivity contribution < 1.29 is 18.9 Å². The molecule has 0 saturated carbocycles. The zero-order valence-electron chi connectivity index (χ0n) is 31.5. The fraction of sp³-hybridized carbons (Fsp3) is 0.900. The SMILES string of the molecule is CCCCC(CC)COC1(OCC(CC)CCCC)CSC(=C2SC=CC2(OCC(CC)CCCC)OCC(CC)CCCC)C1. The van der Waals surface area contributed by atoms with Crippen molar-refractivity contribution in [3.05, 3.63) is 21.3 Å². The van der Waals surface area contributed by atoms with Crippen molar-refractivity contribution in [3.8, 4) is 0 Å². The highest BCUT2D eigenvalue weighted by molar-refractivity contribution is 8.08. The lowest BCUT2D eigenvalue weighted by Crippen LogP contribution is -2.39. The number of hydrogen-bond acceptors (Lipinski definition) is 6. The Morgan fingerprint density at radius 1 is 0.587 bits per heavy atom. The van der Waals surface area contributed by atoms with Crippen LogP contribution in [0.2, 0.25) is 0 Å². The van der Waals surface area contributed by atoms with Crippen LogP contribution in [0.4, 0.5) is 0 Å². The Labute approximate surface area is 294 Å². The summed E-state index contributed by atoms with van der Waals surface area (Å²) in [5.41, 5.74) is 0. The van der Waals surface area contributed by atoms with E-state index in [0.29, 0.717) is 23.7 Å². The maximum absolute atomic E-state index is 6.97. The summed E-state index contributed by atoms with van der Waals surface area (Å²) in [6.45, 7) is 21.4. The van der Waals surface area contributed by atoms with Gasteiger partial charge in [0, 0.05) is 11.3 Å². The van der Waals surface area contributed by atoms with Gasteiger partial charge in [-0.15, -0.1) is 11.8 Å². The molecule has 1 fully saturated rings. The van der Waals surface area contributed by atoms with Gasteiger partial charge in [0.25, 0.3) is 0 Å². The summed E-state index contributed by atoms with van der Waals surface area (Å²) in [6.07, 6.45) is 22.4. The lowest BCUT2D eigenvalue weighted by atomic mass is 9.99. The molecular formula is C40H74O4S2. The molecule has 1 saturated heterocycles. The fourth-order valence-corrected chi connectivity index (χ4v) is 8.93. The second-order valence-electron chi connectivity index (χ2n) is 14.1. The van der Waals surface area contributed by atoms with Crippen molar-refractivity contribution in [1.29, 1.82) is 0 Å². The molecule has 6 heteroatoms. The van der Waals surface area contributed by atoms with Crippen molar-refractivity contribution in [3.63, 3.8) is 0 Å². The van der Waals surface area contributed by atoms with Gasteiger partial charge in [-0.05, 0) is 60.8 Å². The van der Waals surface area contributed by atoms with Crippen molar-refractivity contribution in [2.75, 3.05) is 32.2 Å². The predicted molar refractivity (Wildman–Crippen MR) is 203 cm³/mol. The molecule has 0 aromatic carbocycles. The second-order valence-corrected chi connectivity index (χ2v) is 16.1. The van der Waals surface area contributed by atoms with Crippen LogP contribution in [0.1, 0.15) is 165 Å². The average molecular weight is 683 g/mol. The van der Waals surface area contributed by atoms with Gasteiger partial charge >= 0.3 is 0 Å². The van der Waals surface area contributed by atoms with E-state index in [2.05, 4.69) is 66.9 Å². The van der Waals surface area contributed by atoms with Crippen molar-refractivity contribution in [2.45, 2.75) is 176 Å². The van der Waals surface area contributed by atoms with Crippen LogP contribution >= 0.6 is 23.5 Å². The molecule has 4 nitrogen and oxygen atoms in total. The minimum absolute atomic E-state index is 0.554. The van der Waals surface area contributed by atoms with E-state index in [1.54, 1.807) is 11.8 Å². The molecule has 0 aromatic heterocycles. The van der Waals surface area contributed by atoms with Gasteiger partial charge in [-0.1, -0.05) is 144 Å². The molecule has 0 N–H and O–H groups in total. The molecule has 2 aliphatic heterocycles. The summed E-state index contributed by atoms with van der Waals surface area (Å²) in [5, 5.41) is 2.21. The molecule has 0 amide bonds. The summed E-state index contributed by atoms with van der Waals surface area (Å²) in [6, 6.07) is 0. The first kappa shape index (κ1) is 42.2. The highest BCUT2D eigenvalue weighted by atomic mass is 32.2. The Morgan fingerprint density at radius 3 is 1.35 bits per heavy atom. The average Bonchev–Trinajstić information content (AvgIpc) is 3.70. The van der Waals surface area contributed by atoms with E-state index in [-0.39, 0.29) is 0 Å². The topological polar surface area (TPSA) is 36.9 Å². The van der Waals surface area contributed by atoms with Crippen LogP contribution in [0.3, 0.4) is 0 Å². The van der Waals surface area contributed by atoms with E-state index in [4.69, 9.17) is 18.9 Å². The summed E-state index contributed by atoms with van der Waals surface area (Å²) >= 11 is 3.72. The molecular weight excluding hydrogens is 609 g/mol. The Hall–Kier alpha value is 0.0200. The third kappa shape index (κ3) is 14.1. The molecule has 2 rings (SSSR count). The van der Waals surface area contributed by atoms with Gasteiger partial charge in [0.1, 0.15) is 0 Å². The first-order chi connectivity index (χ1) is 22.4. The van der Waals surface area contributed by atoms with Crippen LogP contribution in [0.25, 0.3) is 0 Å². The normalized spacial score (nSPS) is 25.7. The number of hydrogen-bond donors (Lipinski definition) is 0. The van der Waals surface area contributed by atoms with Crippen LogP contribution in [0.5, 0.6) is 0 Å². The van der Waals surface area contributed by atoms with Gasteiger partial charge in [0.2, 0.25) is 5.79 Å². The Bertz CT molecular complexity index is 803. The van der Waals surface area contributed by atoms with Crippen LogP contribution in [0, 0.1) is 23.7 Å². The van der Waals surface area contributed by atoms with E-state index < -0.39 is 11.6 Å². The van der Waals surface area contributed by atoms with Crippen molar-refractivity contribution in [2.24, 2.45) is 23.7 Å². The van der Waals surface area contributed by atoms with Crippen LogP contribution in [-0.4, -0.2) is 43.8 Å². The predicted octanol–water partition coefficient (Wildman–Crippen LogP) is 12.9. The molecule has 4 atom stereocenters. The lowest BCUT2D eigenvalue weighted by Gasteiger charge is -2.34. The molecule has 46 heavy (non-hydrogen) atoms. The molecule has 0 spiro atoms. The summed E-state index contributed by atoms with van der Waals surface area (Å²) in [4.78, 5) is 2.56. The zero-order valence-corrected chi connectivity index (χ0v) is 33.1. The monoisotopic (exact) mass is 683 g/mol. The molecule has 270 valence electrons. The van der Waals surface area contributed by atoms with Gasteiger partial charge in [-0.25, -0.2) is 0 Å². The van der Waals surface area contributed by atoms with Gasteiger partial charge in [0.15, 0.2) is 5.79 Å². The minimum atomic E-state index is -0.803. The van der Waals surface area contributed by atoms with Crippen LogP contribution in [0.15, 0.2) is 21.3 Å². The maximum atomic E-state index is 6.97. The fourth-order valence-electron chi connectivity index (χ4n) is 6.41. The molecule has 0 bridgehead atoms. The van der Waals surface area contributed by atoms with E-state index in [0.717, 1.165) is 64.3 Å². The Morgan fingerprint density at radius 2 is 0.978 bits per heavy atom. The van der Waals surface area contributed by atoms with E-state index in [1.807, 2.05) is 11.8 Å². The third-order valence-electron chi connectivity index (χ3n) is 10.3. The molecule has 4 unspecified atom stereocenters. The number of ether oxygens (including phenoxy) is 4. The summed E-state index contributed by atoms with van der Waals surface area (Å²) in [7, 11) is 0. The van der Waals surface area contributed by atoms with E-state index >= 15 is 0 Å². The molecule has 0 aliphatic carbocycles. The summed E-state index contributed by atoms with van der Waals surface area (Å²) < 4.78 is 27.8. The van der Waals surface area contributed by atoms with Gasteiger partial charge in [0.05, 0.1) is 37.1 Å². The highest BCUT2D eigenvalue weighted by Gasteiger charge is 2.47. The molecule has 0 radical (unpaired) electrons. The standard InChI is InChI=1S/C40H74O4S2/c1-9-17-21-33(13-5)28-41-39(42-29-34(14-6)22-18-10-2)27-37(46-32-39)38-40(25-26-45-38,43-30-35(15-7)23-19-11-3)44-31-36(16-8)24-20-12-4/h25-26,33-36H,9-24,27-32H2,1-8H3. The van der Waals surface area contributed by atoms with Gasteiger partial charge in [-0.3, -0.25) is 0 Å². The van der Waals surface area contributed by atoms with Gasteiger partial charge < -0.3 is 18.9 Å². The Balaban J connectivity index is 2.37. The van der Waals surface area contributed by atoms with Crippen molar-refractivity contribution in [1.82, 2.24) is 0 Å². The number of rotatable bonds is 28. The zero-order chi connectivity index (χ0) is 33.7. The number of unbranched alkanes of at least 4 members (excludes halogenated alkanes) is 4. The Kier molecular flexibility index (Phi) is 22.2. The highest BCUT2D eigenvalue weighted by Crippen LogP contribution is 2.52. The summed E-state index contributed by atoms with van der Waals surface area (Å²) in [5.74, 6) is 1.72. The maximum Gasteiger partial charge on any atom is 0.223 e. The van der Waals surface area contributed by atoms with E-state index in [1.165, 1.54) is 86.9 Å². The largest absolute Gasteiger partial charge is 0.348 e. The smallest absolute Gasteiger partial charge is 0.223 e. The van der Waals surface area contributed by atoms with Crippen molar-refractivity contribution >= 4 is 23.5 Å². The molecule has 2 aliphatic rings.